The summed E-state index contributed by atoms with van der Waals surface area (Å²) in [7, 11) is 1.57. The molecule has 1 aromatic heterocycles. The van der Waals surface area contributed by atoms with E-state index in [4.69, 9.17) is 35.3 Å². The van der Waals surface area contributed by atoms with Crippen molar-refractivity contribution in [2.24, 2.45) is 5.41 Å². The Kier molecular flexibility index (Phi) is 17.1. The quantitative estimate of drug-likeness (QED) is 0.0333. The maximum absolute atomic E-state index is 15.6. The number of halogens is 3. The predicted molar refractivity (Wildman–Crippen MR) is 244 cm³/mol. The topological polar surface area (TPSA) is 225 Å². The number of nitrogens with zero attached hydrogens (tertiary/aromatic N) is 6. The fourth-order valence-electron chi connectivity index (χ4n) is 9.40. The average molecular weight is 1000 g/mol. The molecule has 2 aliphatic carbocycles. The van der Waals surface area contributed by atoms with Gasteiger partial charge in [0.25, 0.3) is 16.1 Å². The predicted octanol–water partition coefficient (Wildman–Crippen LogP) is 7.31. The van der Waals surface area contributed by atoms with Gasteiger partial charge in [-0.3, -0.25) is 9.69 Å². The van der Waals surface area contributed by atoms with Crippen LogP contribution in [0.1, 0.15) is 73.6 Å². The average Bonchev–Trinajstić information content (AvgIpc) is 4.08. The smallest absolute Gasteiger partial charge is 0.410 e. The van der Waals surface area contributed by atoms with Crippen LogP contribution in [-0.2, 0) is 41.6 Å². The molecule has 23 heteroatoms. The van der Waals surface area contributed by atoms with E-state index in [1.165, 1.54) is 9.80 Å². The van der Waals surface area contributed by atoms with Crippen LogP contribution in [0.25, 0.3) is 5.57 Å². The van der Waals surface area contributed by atoms with Gasteiger partial charge in [0.2, 0.25) is 5.88 Å². The van der Waals surface area contributed by atoms with Crippen molar-refractivity contribution in [3.8, 4) is 11.6 Å². The van der Waals surface area contributed by atoms with E-state index in [2.05, 4.69) is 14.7 Å². The van der Waals surface area contributed by atoms with Gasteiger partial charge < -0.3 is 43.2 Å². The second kappa shape index (κ2) is 23.4. The number of amides is 3. The Labute approximate surface area is 406 Å². The fraction of sp³-hybridized carbons (Fsp3) is 0.532. The van der Waals surface area contributed by atoms with E-state index in [1.54, 1.807) is 13.3 Å². The summed E-state index contributed by atoms with van der Waals surface area (Å²) in [6.45, 7) is 2.52. The van der Waals surface area contributed by atoms with Crippen LogP contribution in [0.2, 0.25) is 5.02 Å². The minimum absolute atomic E-state index is 0.0333. The van der Waals surface area contributed by atoms with Crippen LogP contribution in [-0.4, -0.2) is 133 Å². The molecule has 20 nitrogen and oxygen atoms in total. The molecule has 0 bridgehead atoms. The monoisotopic (exact) mass is 1000 g/mol. The molecule has 378 valence electrons. The van der Waals surface area contributed by atoms with Crippen molar-refractivity contribution < 1.29 is 66.7 Å². The first-order valence-electron chi connectivity index (χ1n) is 23.1. The summed E-state index contributed by atoms with van der Waals surface area (Å²) in [4.78, 5) is 82.9. The van der Waals surface area contributed by atoms with Crippen molar-refractivity contribution in [3.05, 3.63) is 113 Å². The highest BCUT2D eigenvalue weighted by molar-refractivity contribution is 6.32. The molecule has 0 radical (unpaired) electrons. The van der Waals surface area contributed by atoms with Gasteiger partial charge in [-0.2, -0.15) is 0 Å². The third-order valence-electron chi connectivity index (χ3n) is 13.0. The first kappa shape index (κ1) is 51.3. The Bertz CT molecular complexity index is 2430. The molecule has 1 spiro atoms. The number of hydrogen-bond acceptors (Lipinski definition) is 15. The number of carbonyl (C=O) groups excluding carboxylic acids is 3. The Hall–Kier alpha value is -6.55. The Morgan fingerprint density at radius 2 is 1.50 bits per heavy atom. The van der Waals surface area contributed by atoms with Gasteiger partial charge in [-0.15, -0.1) is 20.2 Å². The van der Waals surface area contributed by atoms with Gasteiger partial charge in [-0.25, -0.2) is 23.4 Å². The first-order chi connectivity index (χ1) is 33.7. The molecule has 70 heavy (non-hydrogen) atoms. The molecule has 2 aliphatic heterocycles. The lowest BCUT2D eigenvalue weighted by atomic mass is 9.66. The van der Waals surface area contributed by atoms with Crippen molar-refractivity contribution in [2.45, 2.75) is 89.4 Å². The van der Waals surface area contributed by atoms with Gasteiger partial charge in [0, 0.05) is 55.5 Å². The second-order valence-electron chi connectivity index (χ2n) is 17.5. The van der Waals surface area contributed by atoms with E-state index in [-0.39, 0.29) is 96.2 Å². The Morgan fingerprint density at radius 1 is 0.843 bits per heavy atom. The van der Waals surface area contributed by atoms with Gasteiger partial charge in [-0.05, 0) is 105 Å². The van der Waals surface area contributed by atoms with Crippen molar-refractivity contribution in [3.63, 3.8) is 0 Å². The number of pyridine rings is 1. The highest BCUT2D eigenvalue weighted by Gasteiger charge is 2.72. The van der Waals surface area contributed by atoms with E-state index >= 15 is 4.79 Å². The number of carbonyl (C=O) groups is 3. The molecule has 3 aromatic rings. The van der Waals surface area contributed by atoms with Crippen molar-refractivity contribution >= 4 is 35.3 Å². The Balaban J connectivity index is 1.18. The zero-order valence-electron chi connectivity index (χ0n) is 38.8. The normalized spacial score (nSPS) is 18.9. The molecule has 3 heterocycles. The molecule has 1 saturated carbocycles. The minimum atomic E-state index is -0.897. The van der Waals surface area contributed by atoms with Crippen LogP contribution < -0.4 is 9.47 Å². The molecule has 3 fully saturated rings. The van der Waals surface area contributed by atoms with E-state index in [0.717, 1.165) is 47.2 Å². The van der Waals surface area contributed by atoms with Crippen LogP contribution in [0.3, 0.4) is 0 Å². The number of allylic oxidation sites excluding steroid dienone is 1. The summed E-state index contributed by atoms with van der Waals surface area (Å²) in [6.07, 6.45) is 4.11. The zero-order chi connectivity index (χ0) is 50.0. The highest BCUT2D eigenvalue weighted by Crippen LogP contribution is 2.63. The molecule has 3 unspecified atom stereocenters. The zero-order valence-corrected chi connectivity index (χ0v) is 39.6. The summed E-state index contributed by atoms with van der Waals surface area (Å²) < 4.78 is 56.2. The van der Waals surface area contributed by atoms with Crippen LogP contribution >= 0.6 is 11.6 Å². The number of likely N-dealkylation sites (tertiary alicyclic amines) is 2. The minimum Gasteiger partial charge on any atom is -0.489 e. The summed E-state index contributed by atoms with van der Waals surface area (Å²) >= 11 is 5.94. The molecular weight excluding hydrogens is 946 g/mol. The van der Waals surface area contributed by atoms with Crippen LogP contribution in [0.5, 0.6) is 11.6 Å². The maximum Gasteiger partial charge on any atom is 0.410 e. The molecule has 0 N–H and O–H groups in total. The van der Waals surface area contributed by atoms with E-state index in [1.807, 2.05) is 42.2 Å². The Morgan fingerprint density at radius 3 is 2.16 bits per heavy atom. The number of ether oxygens (including phenoxy) is 5. The summed E-state index contributed by atoms with van der Waals surface area (Å²) in [6, 6.07) is 9.79. The lowest BCUT2D eigenvalue weighted by molar-refractivity contribution is -0.757. The van der Waals surface area contributed by atoms with Gasteiger partial charge in [0.05, 0.1) is 51.7 Å². The first-order valence-corrected chi connectivity index (χ1v) is 23.5. The van der Waals surface area contributed by atoms with Gasteiger partial charge in [-0.1, -0.05) is 35.9 Å². The third kappa shape index (κ3) is 11.9. The van der Waals surface area contributed by atoms with E-state index in [0.29, 0.717) is 49.3 Å². The number of aryl methyl sites for hydroxylation is 1. The van der Waals surface area contributed by atoms with Crippen LogP contribution in [0.15, 0.2) is 54.2 Å². The summed E-state index contributed by atoms with van der Waals surface area (Å²) in [5.41, 5.74) is 3.45. The summed E-state index contributed by atoms with van der Waals surface area (Å²) in [5.74, 6) is -1.80. The fourth-order valence-corrected chi connectivity index (χ4v) is 9.61. The standard InChI is InChI=1S/C47H55ClF2N6O14/c1-30-33(17-18-51-43(30)66-25-24-64-2)27-53(34-13-14-34)44(57)39-35(32-11-9-31(10-12-32)8-7-21-65-41-37(50)16-15-36(49)40(41)48)26-47-29-52(45(58)67-19-3-5-22-69-55(60)61)28-38(47)54(42(39)47)46(59)68-20-4-6-23-70-56(62)63/h9-12,15-18,34,38,42H,3-8,13-14,19-29H2,1-2H3. The number of benzene rings is 2. The van der Waals surface area contributed by atoms with Crippen LogP contribution in [0, 0.1) is 44.2 Å². The number of unbranched alkanes of at least 4 members (excludes halogenated alkanes) is 2. The van der Waals surface area contributed by atoms with E-state index < -0.39 is 56.5 Å². The van der Waals surface area contributed by atoms with Crippen LogP contribution in [0.4, 0.5) is 18.4 Å². The molecule has 3 atom stereocenters. The molecule has 3 amide bonds. The number of hydrogen-bond donors (Lipinski definition) is 0. The van der Waals surface area contributed by atoms with E-state index in [9.17, 15) is 38.6 Å². The molecule has 4 aliphatic rings. The molecular formula is C47H55ClF2N6O14. The molecule has 2 aromatic carbocycles. The SMILES string of the molecule is COCCOc1nccc(CN(C(=O)C2=C(c3ccc(CCCOc4c(F)ccc(F)c4Cl)cc3)CC34CN(C(=O)OCCCCO[N+](=O)[O-])CC3N(C(=O)OCCCCO[N+](=O)[O-])C24)C2CC2)c1C. The molecule has 7 rings (SSSR count). The lowest BCUT2D eigenvalue weighted by Gasteiger charge is -2.57. The number of rotatable bonds is 26. The van der Waals surface area contributed by atoms with Gasteiger partial charge in [0.1, 0.15) is 17.4 Å². The second-order valence-corrected chi connectivity index (χ2v) is 17.9. The maximum atomic E-state index is 15.6. The third-order valence-corrected chi connectivity index (χ3v) is 13.3. The van der Waals surface area contributed by atoms with Crippen molar-refractivity contribution in [1.29, 1.82) is 0 Å². The lowest BCUT2D eigenvalue weighted by Crippen LogP contribution is -2.72. The number of aromatic nitrogens is 1. The number of methoxy groups -OCH3 is 1. The summed E-state index contributed by atoms with van der Waals surface area (Å²) in [5, 5.41) is 19.0. The largest absolute Gasteiger partial charge is 0.489 e. The van der Waals surface area contributed by atoms with Crippen molar-refractivity contribution in [2.75, 3.05) is 66.4 Å². The molecule has 2 saturated heterocycles. The van der Waals surface area contributed by atoms with Gasteiger partial charge in [0.15, 0.2) is 11.6 Å². The highest BCUT2D eigenvalue weighted by atomic mass is 35.5. The van der Waals surface area contributed by atoms with Crippen molar-refractivity contribution in [1.82, 2.24) is 19.7 Å². The van der Waals surface area contributed by atoms with Gasteiger partial charge >= 0.3 is 12.2 Å².